The lowest BCUT2D eigenvalue weighted by atomic mass is 9.95. The molecular weight excluding hydrogens is 228 g/mol. The summed E-state index contributed by atoms with van der Waals surface area (Å²) in [5, 5.41) is 15.3. The third-order valence-corrected chi connectivity index (χ3v) is 3.35. The summed E-state index contributed by atoms with van der Waals surface area (Å²) in [7, 11) is 0. The third kappa shape index (κ3) is 2.34. The number of rotatable bonds is 3. The van der Waals surface area contributed by atoms with E-state index in [1.165, 1.54) is 0 Å². The first kappa shape index (κ1) is 12.9. The molecule has 0 fully saturated rings. The fraction of sp³-hybridized carbons (Fsp3) is 0.500. The fourth-order valence-corrected chi connectivity index (χ4v) is 2.50. The van der Waals surface area contributed by atoms with Gasteiger partial charge >= 0.3 is 0 Å². The first-order valence-electron chi connectivity index (χ1n) is 6.28. The molecule has 0 bridgehead atoms. The second-order valence-electron chi connectivity index (χ2n) is 5.24. The van der Waals surface area contributed by atoms with Crippen molar-refractivity contribution in [1.82, 2.24) is 5.32 Å². The predicted molar refractivity (Wildman–Crippen MR) is 71.7 cm³/mol. The number of hydrogen-bond acceptors (Lipinski definition) is 3. The number of benzene rings is 1. The molecule has 1 aliphatic rings. The van der Waals surface area contributed by atoms with E-state index in [1.54, 1.807) is 0 Å². The van der Waals surface area contributed by atoms with E-state index in [9.17, 15) is 4.79 Å². The standard InChI is InChI=1S/C14H20N2O2/c1-9-7-10(2)12-11(8-9)13(18)16-14(3,15-12)5-4-6-17/h7-8,15,17H,4-6H2,1-3H3,(H,16,18). The number of aliphatic hydroxyl groups is 1. The molecule has 3 N–H and O–H groups in total. The summed E-state index contributed by atoms with van der Waals surface area (Å²) in [6, 6.07) is 3.97. The molecule has 1 amide bonds. The number of aryl methyl sites for hydroxylation is 2. The van der Waals surface area contributed by atoms with Crippen molar-refractivity contribution in [3.63, 3.8) is 0 Å². The van der Waals surface area contributed by atoms with Crippen molar-refractivity contribution in [2.24, 2.45) is 0 Å². The van der Waals surface area contributed by atoms with Crippen LogP contribution in [-0.2, 0) is 0 Å². The summed E-state index contributed by atoms with van der Waals surface area (Å²) in [4.78, 5) is 12.2. The first-order chi connectivity index (χ1) is 8.45. The molecule has 0 aromatic heterocycles. The second kappa shape index (κ2) is 4.61. The molecule has 1 atom stereocenters. The number of carbonyl (C=O) groups excluding carboxylic acids is 1. The Morgan fingerprint density at radius 1 is 1.28 bits per heavy atom. The molecule has 0 saturated heterocycles. The minimum Gasteiger partial charge on any atom is -0.396 e. The van der Waals surface area contributed by atoms with E-state index >= 15 is 0 Å². The van der Waals surface area contributed by atoms with E-state index in [0.29, 0.717) is 18.4 Å². The van der Waals surface area contributed by atoms with Gasteiger partial charge in [0.2, 0.25) is 0 Å². The average molecular weight is 248 g/mol. The van der Waals surface area contributed by atoms with Crippen LogP contribution in [0.3, 0.4) is 0 Å². The average Bonchev–Trinajstić information content (AvgIpc) is 2.29. The Hall–Kier alpha value is -1.55. The Morgan fingerprint density at radius 3 is 2.67 bits per heavy atom. The molecule has 2 rings (SSSR count). The van der Waals surface area contributed by atoms with Crippen molar-refractivity contribution in [3.05, 3.63) is 28.8 Å². The lowest BCUT2D eigenvalue weighted by molar-refractivity contribution is 0.0898. The topological polar surface area (TPSA) is 61.4 Å². The van der Waals surface area contributed by atoms with Crippen LogP contribution in [0.25, 0.3) is 0 Å². The smallest absolute Gasteiger partial charge is 0.255 e. The highest BCUT2D eigenvalue weighted by atomic mass is 16.3. The molecule has 0 spiro atoms. The van der Waals surface area contributed by atoms with Gasteiger partial charge in [-0.05, 0) is 50.8 Å². The Balaban J connectivity index is 2.36. The van der Waals surface area contributed by atoms with Gasteiger partial charge in [-0.1, -0.05) is 6.07 Å². The van der Waals surface area contributed by atoms with Crippen LogP contribution in [0.4, 0.5) is 5.69 Å². The Bertz CT molecular complexity index is 485. The van der Waals surface area contributed by atoms with Crippen LogP contribution in [0.5, 0.6) is 0 Å². The molecule has 1 aromatic rings. The zero-order valence-electron chi connectivity index (χ0n) is 11.1. The molecule has 0 saturated carbocycles. The van der Waals surface area contributed by atoms with Crippen molar-refractivity contribution in [2.45, 2.75) is 39.3 Å². The van der Waals surface area contributed by atoms with E-state index in [2.05, 4.69) is 16.7 Å². The van der Waals surface area contributed by atoms with Gasteiger partial charge in [0.1, 0.15) is 5.66 Å². The lowest BCUT2D eigenvalue weighted by Crippen LogP contribution is -2.55. The highest BCUT2D eigenvalue weighted by Crippen LogP contribution is 2.30. The monoisotopic (exact) mass is 248 g/mol. The number of nitrogens with one attached hydrogen (secondary N) is 2. The maximum absolute atomic E-state index is 12.2. The van der Waals surface area contributed by atoms with Gasteiger partial charge in [-0.25, -0.2) is 0 Å². The van der Waals surface area contributed by atoms with E-state index in [1.807, 2.05) is 26.8 Å². The van der Waals surface area contributed by atoms with E-state index in [0.717, 1.165) is 16.8 Å². The Labute approximate surface area is 107 Å². The summed E-state index contributed by atoms with van der Waals surface area (Å²) in [6.07, 6.45) is 1.35. The third-order valence-electron chi connectivity index (χ3n) is 3.35. The largest absolute Gasteiger partial charge is 0.396 e. The normalized spacial score (nSPS) is 22.1. The molecule has 0 radical (unpaired) electrons. The molecule has 0 aliphatic carbocycles. The number of anilines is 1. The highest BCUT2D eigenvalue weighted by Gasteiger charge is 2.33. The zero-order valence-corrected chi connectivity index (χ0v) is 11.1. The minimum absolute atomic E-state index is 0.0454. The van der Waals surface area contributed by atoms with Gasteiger partial charge in [-0.15, -0.1) is 0 Å². The number of carbonyl (C=O) groups is 1. The van der Waals surface area contributed by atoms with E-state index in [-0.39, 0.29) is 12.5 Å². The maximum Gasteiger partial charge on any atom is 0.255 e. The van der Waals surface area contributed by atoms with Crippen molar-refractivity contribution < 1.29 is 9.90 Å². The first-order valence-corrected chi connectivity index (χ1v) is 6.28. The second-order valence-corrected chi connectivity index (χ2v) is 5.24. The van der Waals surface area contributed by atoms with Gasteiger partial charge in [0.05, 0.1) is 11.3 Å². The summed E-state index contributed by atoms with van der Waals surface area (Å²) in [6.45, 7) is 6.07. The Morgan fingerprint density at radius 2 is 2.00 bits per heavy atom. The van der Waals surface area contributed by atoms with Gasteiger partial charge in [-0.2, -0.15) is 0 Å². The molecule has 98 valence electrons. The number of fused-ring (bicyclic) bond motifs is 1. The van der Waals surface area contributed by atoms with Gasteiger partial charge in [-0.3, -0.25) is 4.79 Å². The van der Waals surface area contributed by atoms with Crippen LogP contribution in [0.15, 0.2) is 12.1 Å². The van der Waals surface area contributed by atoms with E-state index in [4.69, 9.17) is 5.11 Å². The minimum atomic E-state index is -0.479. The quantitative estimate of drug-likeness (QED) is 0.766. The SMILES string of the molecule is Cc1cc(C)c2c(c1)C(=O)NC(C)(CCCO)N2. The predicted octanol–water partition coefficient (Wildman–Crippen LogP) is 1.95. The van der Waals surface area contributed by atoms with Crippen molar-refractivity contribution in [2.75, 3.05) is 11.9 Å². The lowest BCUT2D eigenvalue weighted by Gasteiger charge is -2.38. The summed E-state index contributed by atoms with van der Waals surface area (Å²) in [5.74, 6) is -0.0454. The van der Waals surface area contributed by atoms with Gasteiger partial charge in [0.15, 0.2) is 0 Å². The van der Waals surface area contributed by atoms with Crippen LogP contribution in [0.1, 0.15) is 41.3 Å². The summed E-state index contributed by atoms with van der Waals surface area (Å²) < 4.78 is 0. The molecular formula is C14H20N2O2. The molecule has 4 nitrogen and oxygen atoms in total. The van der Waals surface area contributed by atoms with Crippen LogP contribution in [-0.4, -0.2) is 23.3 Å². The molecule has 1 aliphatic heterocycles. The van der Waals surface area contributed by atoms with E-state index < -0.39 is 5.66 Å². The maximum atomic E-state index is 12.2. The van der Waals surface area contributed by atoms with Gasteiger partial charge in [0.25, 0.3) is 5.91 Å². The van der Waals surface area contributed by atoms with Crippen LogP contribution in [0.2, 0.25) is 0 Å². The molecule has 1 heterocycles. The Kier molecular flexibility index (Phi) is 3.30. The summed E-state index contributed by atoms with van der Waals surface area (Å²) >= 11 is 0. The van der Waals surface area contributed by atoms with Crippen LogP contribution < -0.4 is 10.6 Å². The van der Waals surface area contributed by atoms with Crippen molar-refractivity contribution in [3.8, 4) is 0 Å². The fourth-order valence-electron chi connectivity index (χ4n) is 2.50. The summed E-state index contributed by atoms with van der Waals surface area (Å²) in [5.41, 5.74) is 3.29. The van der Waals surface area contributed by atoms with Gasteiger partial charge in [0, 0.05) is 6.61 Å². The van der Waals surface area contributed by atoms with Crippen LogP contribution >= 0.6 is 0 Å². The number of hydrogen-bond donors (Lipinski definition) is 3. The zero-order chi connectivity index (χ0) is 13.3. The van der Waals surface area contributed by atoms with Crippen molar-refractivity contribution >= 4 is 11.6 Å². The molecule has 4 heteroatoms. The van der Waals surface area contributed by atoms with Crippen LogP contribution in [0, 0.1) is 13.8 Å². The highest BCUT2D eigenvalue weighted by molar-refractivity contribution is 6.03. The van der Waals surface area contributed by atoms with Crippen molar-refractivity contribution in [1.29, 1.82) is 0 Å². The number of aliphatic hydroxyl groups excluding tert-OH is 1. The number of amides is 1. The molecule has 1 unspecified atom stereocenters. The van der Waals surface area contributed by atoms with Gasteiger partial charge < -0.3 is 15.7 Å². The molecule has 18 heavy (non-hydrogen) atoms. The molecule has 1 aromatic carbocycles.